The first kappa shape index (κ1) is 19.2. The highest BCUT2D eigenvalue weighted by Gasteiger charge is 2.29. The maximum absolute atomic E-state index is 14.2. The molecule has 1 aliphatic heterocycles. The molecule has 2 heterocycles. The largest absolute Gasteiger partial charge is 0.344 e. The summed E-state index contributed by atoms with van der Waals surface area (Å²) in [6.45, 7) is 2.94. The molecule has 1 amide bonds. The highest BCUT2D eigenvalue weighted by atomic mass is 127. The van der Waals surface area contributed by atoms with Crippen LogP contribution in [0.2, 0.25) is 0 Å². The van der Waals surface area contributed by atoms with Crippen LogP contribution in [-0.2, 0) is 11.2 Å². The van der Waals surface area contributed by atoms with Crippen LogP contribution in [0, 0.1) is 16.3 Å². The molecule has 3 rings (SSSR count). The number of nitrogens with one attached hydrogen (secondary N) is 1. The third kappa shape index (κ3) is 3.91. The summed E-state index contributed by atoms with van der Waals surface area (Å²) in [5, 5.41) is 3.61. The van der Waals surface area contributed by atoms with Crippen molar-refractivity contribution >= 4 is 56.8 Å². The van der Waals surface area contributed by atoms with Crippen LogP contribution in [0.1, 0.15) is 27.2 Å². The van der Waals surface area contributed by atoms with E-state index in [1.165, 1.54) is 17.4 Å². The molecule has 2 aromatic rings. The Hall–Kier alpha value is -1.52. The summed E-state index contributed by atoms with van der Waals surface area (Å²) in [6.07, 6.45) is 1.81. The van der Waals surface area contributed by atoms with Crippen molar-refractivity contribution < 1.29 is 14.0 Å². The number of thiophene rings is 1. The van der Waals surface area contributed by atoms with Crippen molar-refractivity contribution in [3.63, 3.8) is 0 Å². The van der Waals surface area contributed by atoms with Gasteiger partial charge in [-0.05, 0) is 59.7 Å². The molecule has 1 saturated heterocycles. The number of aldehydes is 1. The standard InChI is InChI=1S/C18H19FIN3O2S/c1-10-15(5-7-24)26-17(22-14-3-2-11(20)8-13(14)19)16(10)18(25)23-6-4-12(21)9-23/h2-3,7-8,12,22H,4-6,9,21H2,1H3/t12-/m0/s1. The normalized spacial score (nSPS) is 16.8. The monoisotopic (exact) mass is 487 g/mol. The Balaban J connectivity index is 1.99. The van der Waals surface area contributed by atoms with Crippen LogP contribution >= 0.6 is 33.9 Å². The van der Waals surface area contributed by atoms with Crippen LogP contribution in [0.4, 0.5) is 15.1 Å². The molecule has 1 fully saturated rings. The second-order valence-electron chi connectivity index (χ2n) is 6.27. The molecule has 0 saturated carbocycles. The summed E-state index contributed by atoms with van der Waals surface area (Å²) in [7, 11) is 0. The molecule has 8 heteroatoms. The molecule has 1 atom stereocenters. The van der Waals surface area contributed by atoms with Crippen LogP contribution in [0.5, 0.6) is 0 Å². The number of hydrogen-bond donors (Lipinski definition) is 2. The highest BCUT2D eigenvalue weighted by Crippen LogP contribution is 2.37. The number of amides is 1. The lowest BCUT2D eigenvalue weighted by atomic mass is 10.1. The highest BCUT2D eigenvalue weighted by molar-refractivity contribution is 14.1. The maximum atomic E-state index is 14.2. The van der Waals surface area contributed by atoms with Gasteiger partial charge in [-0.3, -0.25) is 4.79 Å². The zero-order valence-electron chi connectivity index (χ0n) is 14.2. The SMILES string of the molecule is Cc1c(CC=O)sc(Nc2ccc(I)cc2F)c1C(=O)N1CC[C@H](N)C1. The fourth-order valence-corrected chi connectivity index (χ4v) is 4.63. The number of halogens is 2. The van der Waals surface area contributed by atoms with E-state index in [1.807, 2.05) is 29.5 Å². The van der Waals surface area contributed by atoms with Crippen molar-refractivity contribution in [1.29, 1.82) is 0 Å². The number of carbonyl (C=O) groups excluding carboxylic acids is 2. The lowest BCUT2D eigenvalue weighted by Gasteiger charge is -2.17. The minimum absolute atomic E-state index is 0.0163. The van der Waals surface area contributed by atoms with E-state index in [4.69, 9.17) is 5.73 Å². The minimum atomic E-state index is -0.388. The fraction of sp³-hybridized carbons (Fsp3) is 0.333. The number of nitrogens with zero attached hydrogens (tertiary/aromatic N) is 1. The van der Waals surface area contributed by atoms with Crippen LogP contribution in [-0.4, -0.2) is 36.2 Å². The van der Waals surface area contributed by atoms with Gasteiger partial charge in [-0.25, -0.2) is 4.39 Å². The van der Waals surface area contributed by atoms with Gasteiger partial charge in [0.25, 0.3) is 5.91 Å². The number of likely N-dealkylation sites (tertiary alicyclic amines) is 1. The molecular weight excluding hydrogens is 468 g/mol. The summed E-state index contributed by atoms with van der Waals surface area (Å²) >= 11 is 3.36. The Bertz CT molecular complexity index is 855. The second kappa shape index (κ2) is 8.01. The van der Waals surface area contributed by atoms with Crippen molar-refractivity contribution in [3.8, 4) is 0 Å². The van der Waals surface area contributed by atoms with Crippen molar-refractivity contribution in [2.24, 2.45) is 5.73 Å². The molecular formula is C18H19FIN3O2S. The third-order valence-corrected chi connectivity index (χ3v) is 6.32. The molecule has 0 radical (unpaired) electrons. The minimum Gasteiger partial charge on any atom is -0.344 e. The first-order valence-corrected chi connectivity index (χ1v) is 10.1. The zero-order valence-corrected chi connectivity index (χ0v) is 17.2. The number of rotatable bonds is 5. The molecule has 0 bridgehead atoms. The molecule has 1 aromatic carbocycles. The third-order valence-electron chi connectivity index (χ3n) is 4.42. The summed E-state index contributed by atoms with van der Waals surface area (Å²) in [5.74, 6) is -0.515. The van der Waals surface area contributed by atoms with E-state index in [0.717, 1.165) is 26.7 Å². The Morgan fingerprint density at radius 3 is 2.92 bits per heavy atom. The first-order chi connectivity index (χ1) is 12.4. The average molecular weight is 487 g/mol. The molecule has 1 aliphatic rings. The molecule has 26 heavy (non-hydrogen) atoms. The van der Waals surface area contributed by atoms with Crippen LogP contribution < -0.4 is 11.1 Å². The predicted octanol–water partition coefficient (Wildman–Crippen LogP) is 3.46. The Morgan fingerprint density at radius 2 is 2.31 bits per heavy atom. The fourth-order valence-electron chi connectivity index (χ4n) is 3.02. The van der Waals surface area contributed by atoms with E-state index in [-0.39, 0.29) is 24.2 Å². The van der Waals surface area contributed by atoms with Gasteiger partial charge in [0.15, 0.2) is 0 Å². The topological polar surface area (TPSA) is 75.4 Å². The molecule has 0 spiro atoms. The van der Waals surface area contributed by atoms with Gasteiger partial charge in [0.2, 0.25) is 0 Å². The second-order valence-corrected chi connectivity index (χ2v) is 8.63. The van der Waals surface area contributed by atoms with E-state index in [0.29, 0.717) is 29.3 Å². The Labute approximate surface area is 168 Å². The van der Waals surface area contributed by atoms with Gasteiger partial charge < -0.3 is 20.7 Å². The van der Waals surface area contributed by atoms with Crippen molar-refractivity contribution in [1.82, 2.24) is 4.90 Å². The number of carbonyl (C=O) groups is 2. The van der Waals surface area contributed by atoms with E-state index in [2.05, 4.69) is 5.32 Å². The zero-order chi connectivity index (χ0) is 18.8. The van der Waals surface area contributed by atoms with Crippen molar-refractivity contribution in [2.45, 2.75) is 25.8 Å². The van der Waals surface area contributed by atoms with Crippen LogP contribution in [0.25, 0.3) is 0 Å². The smallest absolute Gasteiger partial charge is 0.257 e. The molecule has 3 N–H and O–H groups in total. The van der Waals surface area contributed by atoms with Crippen molar-refractivity contribution in [3.05, 3.63) is 43.6 Å². The van der Waals surface area contributed by atoms with Crippen LogP contribution in [0.3, 0.4) is 0 Å². The van der Waals surface area contributed by atoms with Gasteiger partial charge in [0.05, 0.1) is 11.3 Å². The van der Waals surface area contributed by atoms with Gasteiger partial charge in [0, 0.05) is 34.0 Å². The number of anilines is 2. The van der Waals surface area contributed by atoms with Gasteiger partial charge in [-0.15, -0.1) is 11.3 Å². The Kier molecular flexibility index (Phi) is 5.93. The lowest BCUT2D eigenvalue weighted by molar-refractivity contribution is -0.107. The van der Waals surface area contributed by atoms with Crippen molar-refractivity contribution in [2.75, 3.05) is 18.4 Å². The molecule has 5 nitrogen and oxygen atoms in total. The van der Waals surface area contributed by atoms with Gasteiger partial charge >= 0.3 is 0 Å². The molecule has 0 unspecified atom stereocenters. The summed E-state index contributed by atoms with van der Waals surface area (Å²) in [6, 6.07) is 4.85. The van der Waals surface area contributed by atoms with E-state index in [1.54, 1.807) is 17.0 Å². The first-order valence-electron chi connectivity index (χ1n) is 8.23. The Morgan fingerprint density at radius 1 is 1.54 bits per heavy atom. The summed E-state index contributed by atoms with van der Waals surface area (Å²) in [4.78, 5) is 26.5. The average Bonchev–Trinajstić information content (AvgIpc) is 3.14. The van der Waals surface area contributed by atoms with E-state index in [9.17, 15) is 14.0 Å². The molecule has 138 valence electrons. The number of benzene rings is 1. The van der Waals surface area contributed by atoms with E-state index >= 15 is 0 Å². The van der Waals surface area contributed by atoms with Gasteiger partial charge in [-0.1, -0.05) is 0 Å². The quantitative estimate of drug-likeness (QED) is 0.501. The molecule has 0 aliphatic carbocycles. The molecule has 1 aromatic heterocycles. The van der Waals surface area contributed by atoms with Gasteiger partial charge in [-0.2, -0.15) is 0 Å². The summed E-state index contributed by atoms with van der Waals surface area (Å²) in [5.41, 5.74) is 7.49. The van der Waals surface area contributed by atoms with E-state index < -0.39 is 0 Å². The van der Waals surface area contributed by atoms with Gasteiger partial charge in [0.1, 0.15) is 17.1 Å². The number of nitrogens with two attached hydrogens (primary N) is 1. The summed E-state index contributed by atoms with van der Waals surface area (Å²) < 4.78 is 15.0. The predicted molar refractivity (Wildman–Crippen MR) is 110 cm³/mol. The number of hydrogen-bond acceptors (Lipinski definition) is 5. The lowest BCUT2D eigenvalue weighted by Crippen LogP contribution is -2.32. The maximum Gasteiger partial charge on any atom is 0.257 e. The van der Waals surface area contributed by atoms with Crippen LogP contribution in [0.15, 0.2) is 18.2 Å².